The van der Waals surface area contributed by atoms with Crippen molar-refractivity contribution < 1.29 is 4.79 Å². The van der Waals surface area contributed by atoms with E-state index in [4.69, 9.17) is 5.73 Å². The van der Waals surface area contributed by atoms with Gasteiger partial charge in [0.05, 0.1) is 6.54 Å². The van der Waals surface area contributed by atoms with E-state index in [1.807, 2.05) is 30.3 Å². The number of para-hydroxylation sites is 1. The van der Waals surface area contributed by atoms with E-state index >= 15 is 0 Å². The number of carbonyl (C=O) groups excluding carboxylic acids is 1. The van der Waals surface area contributed by atoms with Crippen LogP contribution in [-0.2, 0) is 4.79 Å². The van der Waals surface area contributed by atoms with Crippen molar-refractivity contribution in [3.63, 3.8) is 0 Å². The van der Waals surface area contributed by atoms with Crippen molar-refractivity contribution in [2.75, 3.05) is 18.4 Å². The molecule has 1 unspecified atom stereocenters. The predicted octanol–water partition coefficient (Wildman–Crippen LogP) is 1.73. The third-order valence-electron chi connectivity index (χ3n) is 2.78. The van der Waals surface area contributed by atoms with Gasteiger partial charge in [0.1, 0.15) is 0 Å². The molecule has 100 valence electrons. The van der Waals surface area contributed by atoms with E-state index in [2.05, 4.69) is 17.6 Å². The number of nitrogens with two attached hydrogens (primary N) is 1. The summed E-state index contributed by atoms with van der Waals surface area (Å²) in [5.41, 5.74) is 6.58. The van der Waals surface area contributed by atoms with Crippen molar-refractivity contribution in [2.45, 2.75) is 32.2 Å². The van der Waals surface area contributed by atoms with E-state index in [1.165, 1.54) is 0 Å². The van der Waals surface area contributed by atoms with Crippen LogP contribution in [0.1, 0.15) is 26.2 Å². The Morgan fingerprint density at radius 2 is 2.06 bits per heavy atom. The lowest BCUT2D eigenvalue weighted by Gasteiger charge is -2.16. The van der Waals surface area contributed by atoms with Gasteiger partial charge in [0.25, 0.3) is 0 Å². The van der Waals surface area contributed by atoms with Gasteiger partial charge >= 0.3 is 0 Å². The maximum Gasteiger partial charge on any atom is 0.239 e. The summed E-state index contributed by atoms with van der Waals surface area (Å²) < 4.78 is 0. The molecule has 18 heavy (non-hydrogen) atoms. The lowest BCUT2D eigenvalue weighted by molar-refractivity contribution is -0.120. The molecule has 0 radical (unpaired) electrons. The number of anilines is 1. The average molecular weight is 249 g/mol. The molecule has 0 spiro atoms. The first-order valence-electron chi connectivity index (χ1n) is 6.54. The Hall–Kier alpha value is -1.55. The third kappa shape index (κ3) is 5.68. The van der Waals surface area contributed by atoms with Crippen LogP contribution >= 0.6 is 0 Å². The first kappa shape index (κ1) is 14.5. The minimum absolute atomic E-state index is 0.00888. The summed E-state index contributed by atoms with van der Waals surface area (Å²) >= 11 is 0. The van der Waals surface area contributed by atoms with Crippen molar-refractivity contribution in [1.82, 2.24) is 5.32 Å². The summed E-state index contributed by atoms with van der Waals surface area (Å²) in [5.74, 6) is -0.00888. The zero-order valence-corrected chi connectivity index (χ0v) is 11.0. The number of unbranched alkanes of at least 4 members (excludes halogenated alkanes) is 1. The zero-order chi connectivity index (χ0) is 13.2. The molecule has 0 saturated carbocycles. The fraction of sp³-hybridized carbons (Fsp3) is 0.500. The second kappa shape index (κ2) is 8.53. The molecule has 1 atom stereocenters. The highest BCUT2D eigenvalue weighted by Crippen LogP contribution is 2.04. The highest BCUT2D eigenvalue weighted by Gasteiger charge is 2.09. The Morgan fingerprint density at radius 1 is 1.33 bits per heavy atom. The number of rotatable bonds is 8. The summed E-state index contributed by atoms with van der Waals surface area (Å²) in [7, 11) is 0. The Kier molecular flexibility index (Phi) is 6.87. The van der Waals surface area contributed by atoms with E-state index in [0.29, 0.717) is 6.54 Å². The lowest BCUT2D eigenvalue weighted by Crippen LogP contribution is -2.42. The molecule has 1 aromatic rings. The van der Waals surface area contributed by atoms with Crippen LogP contribution in [0.15, 0.2) is 30.3 Å². The van der Waals surface area contributed by atoms with Gasteiger partial charge < -0.3 is 16.4 Å². The largest absolute Gasteiger partial charge is 0.376 e. The first-order chi connectivity index (χ1) is 8.76. The van der Waals surface area contributed by atoms with Gasteiger partial charge in [0, 0.05) is 18.3 Å². The molecule has 0 aliphatic heterocycles. The lowest BCUT2D eigenvalue weighted by atomic mass is 10.1. The number of nitrogens with one attached hydrogen (secondary N) is 2. The maximum atomic E-state index is 11.7. The van der Waals surface area contributed by atoms with Crippen LogP contribution in [0.4, 0.5) is 5.69 Å². The predicted molar refractivity (Wildman–Crippen MR) is 75.4 cm³/mol. The zero-order valence-electron chi connectivity index (χ0n) is 11.0. The van der Waals surface area contributed by atoms with Crippen LogP contribution in [0.5, 0.6) is 0 Å². The highest BCUT2D eigenvalue weighted by molar-refractivity contribution is 5.80. The van der Waals surface area contributed by atoms with E-state index in [9.17, 15) is 4.79 Å². The molecule has 1 amide bonds. The number of benzene rings is 1. The van der Waals surface area contributed by atoms with Gasteiger partial charge in [0.15, 0.2) is 0 Å². The Bertz CT molecular complexity index is 340. The van der Waals surface area contributed by atoms with Crippen molar-refractivity contribution in [3.8, 4) is 0 Å². The van der Waals surface area contributed by atoms with Gasteiger partial charge in [-0.2, -0.15) is 0 Å². The number of carbonyl (C=O) groups is 1. The molecule has 0 aromatic heterocycles. The fourth-order valence-corrected chi connectivity index (χ4v) is 1.72. The second-order valence-electron chi connectivity index (χ2n) is 4.36. The van der Waals surface area contributed by atoms with Crippen LogP contribution in [0, 0.1) is 0 Å². The summed E-state index contributed by atoms with van der Waals surface area (Å²) in [6.45, 7) is 2.91. The van der Waals surface area contributed by atoms with Crippen molar-refractivity contribution in [3.05, 3.63) is 30.3 Å². The molecule has 1 rings (SSSR count). The standard InChI is InChI=1S/C14H23N3O/c1-2-3-7-13(10-15)17-14(18)11-16-12-8-5-4-6-9-12/h4-6,8-9,13,16H,2-3,7,10-11,15H2,1H3,(H,17,18). The number of amides is 1. The molecule has 0 heterocycles. The van der Waals surface area contributed by atoms with E-state index in [1.54, 1.807) is 0 Å². The van der Waals surface area contributed by atoms with Crippen molar-refractivity contribution in [1.29, 1.82) is 0 Å². The van der Waals surface area contributed by atoms with Crippen LogP contribution in [0.2, 0.25) is 0 Å². The summed E-state index contributed by atoms with van der Waals surface area (Å²) in [4.78, 5) is 11.7. The molecule has 0 saturated heterocycles. The van der Waals surface area contributed by atoms with Gasteiger partial charge in [0.2, 0.25) is 5.91 Å². The van der Waals surface area contributed by atoms with Crippen LogP contribution < -0.4 is 16.4 Å². The smallest absolute Gasteiger partial charge is 0.239 e. The highest BCUT2D eigenvalue weighted by atomic mass is 16.1. The van der Waals surface area contributed by atoms with Crippen molar-refractivity contribution in [2.24, 2.45) is 5.73 Å². The van der Waals surface area contributed by atoms with Crippen molar-refractivity contribution >= 4 is 11.6 Å². The molecule has 4 nitrogen and oxygen atoms in total. The van der Waals surface area contributed by atoms with E-state index in [-0.39, 0.29) is 18.5 Å². The van der Waals surface area contributed by atoms with Crippen LogP contribution in [-0.4, -0.2) is 25.0 Å². The monoisotopic (exact) mass is 249 g/mol. The molecular weight excluding hydrogens is 226 g/mol. The minimum atomic E-state index is -0.00888. The molecule has 0 aliphatic carbocycles. The quantitative estimate of drug-likeness (QED) is 0.657. The SMILES string of the molecule is CCCCC(CN)NC(=O)CNc1ccccc1. The van der Waals surface area contributed by atoms with Gasteiger partial charge in [-0.15, -0.1) is 0 Å². The Balaban J connectivity index is 2.28. The topological polar surface area (TPSA) is 67.1 Å². The molecular formula is C14H23N3O. The molecule has 0 aliphatic rings. The molecule has 4 N–H and O–H groups in total. The maximum absolute atomic E-state index is 11.7. The Labute approximate surface area is 109 Å². The van der Waals surface area contributed by atoms with Gasteiger partial charge in [-0.25, -0.2) is 0 Å². The first-order valence-corrected chi connectivity index (χ1v) is 6.54. The van der Waals surface area contributed by atoms with Gasteiger partial charge in [-0.3, -0.25) is 4.79 Å². The van der Waals surface area contributed by atoms with E-state index in [0.717, 1.165) is 24.9 Å². The molecule has 1 aromatic carbocycles. The molecule has 0 fully saturated rings. The number of hydrogen-bond acceptors (Lipinski definition) is 3. The normalized spacial score (nSPS) is 11.9. The Morgan fingerprint density at radius 3 is 2.67 bits per heavy atom. The second-order valence-corrected chi connectivity index (χ2v) is 4.36. The van der Waals surface area contributed by atoms with Crippen LogP contribution in [0.25, 0.3) is 0 Å². The number of hydrogen-bond donors (Lipinski definition) is 3. The summed E-state index contributed by atoms with van der Waals surface area (Å²) in [5, 5.41) is 6.02. The summed E-state index contributed by atoms with van der Waals surface area (Å²) in [6, 6.07) is 9.78. The fourth-order valence-electron chi connectivity index (χ4n) is 1.72. The van der Waals surface area contributed by atoms with E-state index < -0.39 is 0 Å². The van der Waals surface area contributed by atoms with Gasteiger partial charge in [-0.05, 0) is 18.6 Å². The van der Waals surface area contributed by atoms with Crippen LogP contribution in [0.3, 0.4) is 0 Å². The minimum Gasteiger partial charge on any atom is -0.376 e. The van der Waals surface area contributed by atoms with Gasteiger partial charge in [-0.1, -0.05) is 38.0 Å². The average Bonchev–Trinajstić information content (AvgIpc) is 2.42. The third-order valence-corrected chi connectivity index (χ3v) is 2.78. The molecule has 4 heteroatoms. The summed E-state index contributed by atoms with van der Waals surface area (Å²) in [6.07, 6.45) is 3.16. The molecule has 0 bridgehead atoms.